The van der Waals surface area contributed by atoms with Crippen LogP contribution in [-0.2, 0) is 11.5 Å². The first-order chi connectivity index (χ1) is 15.8. The number of nitrogens with zero attached hydrogens (tertiary/aromatic N) is 4. The second-order valence-electron chi connectivity index (χ2n) is 6.31. The Morgan fingerprint density at radius 1 is 1.03 bits per heavy atom. The molecule has 0 bridgehead atoms. The monoisotopic (exact) mass is 456 g/mol. The summed E-state index contributed by atoms with van der Waals surface area (Å²) in [4.78, 5) is 48.1. The predicted octanol–water partition coefficient (Wildman–Crippen LogP) is 1.95. The maximum atomic E-state index is 13.0. The number of esters is 1. The first-order valence-corrected chi connectivity index (χ1v) is 9.12. The Bertz CT molecular complexity index is 1240. The fourth-order valence-electron chi connectivity index (χ4n) is 2.81. The minimum absolute atomic E-state index is 0.00399. The van der Waals surface area contributed by atoms with Crippen molar-refractivity contribution in [1.29, 1.82) is 0 Å². The lowest BCUT2D eigenvalue weighted by Gasteiger charge is -2.09. The smallest absolute Gasteiger partial charge is 0.358 e. The van der Waals surface area contributed by atoms with Crippen molar-refractivity contribution < 1.29 is 38.6 Å². The van der Waals surface area contributed by atoms with Gasteiger partial charge in [-0.2, -0.15) is 0 Å². The van der Waals surface area contributed by atoms with Gasteiger partial charge in [-0.3, -0.25) is 14.9 Å². The second-order valence-corrected chi connectivity index (χ2v) is 6.31. The van der Waals surface area contributed by atoms with Gasteiger partial charge in [-0.15, -0.1) is 15.0 Å². The highest BCUT2D eigenvalue weighted by molar-refractivity contribution is 6.14. The zero-order chi connectivity index (χ0) is 24.1. The molecule has 1 aromatic heterocycles. The molecule has 0 aliphatic rings. The van der Waals surface area contributed by atoms with Gasteiger partial charge in [0.05, 0.1) is 30.8 Å². The average molecular weight is 456 g/mol. The van der Waals surface area contributed by atoms with Crippen molar-refractivity contribution in [3.63, 3.8) is 0 Å². The Kier molecular flexibility index (Phi) is 6.62. The first kappa shape index (κ1) is 22.9. The zero-order valence-corrected chi connectivity index (χ0v) is 17.3. The second kappa shape index (κ2) is 9.55. The number of carbonyl (C=O) groups excluding carboxylic acids is 2. The van der Waals surface area contributed by atoms with Gasteiger partial charge in [0, 0.05) is 6.07 Å². The van der Waals surface area contributed by atoms with Crippen LogP contribution in [0.15, 0.2) is 42.5 Å². The van der Waals surface area contributed by atoms with Crippen LogP contribution in [0.1, 0.15) is 36.9 Å². The highest BCUT2D eigenvalue weighted by Crippen LogP contribution is 2.35. The lowest BCUT2D eigenvalue weighted by atomic mass is 10.0. The van der Waals surface area contributed by atoms with Crippen molar-refractivity contribution in [3.05, 3.63) is 75.1 Å². The number of nitro groups is 1. The number of ether oxygens (including phenoxy) is 3. The van der Waals surface area contributed by atoms with E-state index < -0.39 is 52.0 Å². The van der Waals surface area contributed by atoms with Crippen LogP contribution in [0.3, 0.4) is 0 Å². The Morgan fingerprint density at radius 2 is 1.64 bits per heavy atom. The van der Waals surface area contributed by atoms with E-state index in [-0.39, 0.29) is 17.1 Å². The van der Waals surface area contributed by atoms with Gasteiger partial charge < -0.3 is 19.3 Å². The van der Waals surface area contributed by atoms with Crippen LogP contribution >= 0.6 is 0 Å². The number of carbonyl (C=O) groups is 3. The number of carboxylic acids is 1. The van der Waals surface area contributed by atoms with Crippen LogP contribution < -0.4 is 9.47 Å². The first-order valence-electron chi connectivity index (χ1n) is 9.12. The van der Waals surface area contributed by atoms with Crippen LogP contribution in [-0.4, -0.2) is 57.0 Å². The molecular formula is C20H16N4O9. The molecule has 33 heavy (non-hydrogen) atoms. The van der Waals surface area contributed by atoms with E-state index in [1.165, 1.54) is 26.4 Å². The average Bonchev–Trinajstić information content (AvgIpc) is 3.26. The van der Waals surface area contributed by atoms with Gasteiger partial charge in [0.2, 0.25) is 18.2 Å². The number of benzene rings is 2. The molecule has 13 nitrogen and oxygen atoms in total. The Labute approximate surface area is 185 Å². The Balaban J connectivity index is 1.97. The van der Waals surface area contributed by atoms with Crippen LogP contribution in [0.5, 0.6) is 11.5 Å². The standard InChI is InChI=1S/C20H16N4O9/c1-31-14-8-12(13(24(29)30)9-15(14)32-2)18(25)16-17(19(26)27)22-23(21-16)10-33-20(28)11-6-4-3-5-7-11/h3-9H,10H2,1-2H3,(H,26,27). The SMILES string of the molecule is COc1cc(C(=O)c2nn(COC(=O)c3ccccc3)nc2C(=O)O)c([N+](=O)[O-])cc1OC. The zero-order valence-electron chi connectivity index (χ0n) is 17.3. The summed E-state index contributed by atoms with van der Waals surface area (Å²) in [6.07, 6.45) is 0. The molecule has 0 atom stereocenters. The van der Waals surface area contributed by atoms with Crippen molar-refractivity contribution in [2.75, 3.05) is 14.2 Å². The number of rotatable bonds is 9. The molecule has 0 unspecified atom stereocenters. The number of hydrogen-bond donors (Lipinski definition) is 1. The topological polar surface area (TPSA) is 173 Å². The third kappa shape index (κ3) is 4.76. The molecule has 0 aliphatic heterocycles. The lowest BCUT2D eigenvalue weighted by Crippen LogP contribution is -2.13. The third-order valence-electron chi connectivity index (χ3n) is 4.34. The van der Waals surface area contributed by atoms with Gasteiger partial charge in [0.1, 0.15) is 5.56 Å². The van der Waals surface area contributed by atoms with Crippen molar-refractivity contribution in [2.45, 2.75) is 6.73 Å². The maximum absolute atomic E-state index is 13.0. The molecule has 0 fully saturated rings. The van der Waals surface area contributed by atoms with Gasteiger partial charge in [-0.25, -0.2) is 9.59 Å². The fourth-order valence-corrected chi connectivity index (χ4v) is 2.81. The number of aromatic carboxylic acids is 1. The van der Waals surface area contributed by atoms with Gasteiger partial charge >= 0.3 is 11.9 Å². The molecule has 1 heterocycles. The number of hydrogen-bond acceptors (Lipinski definition) is 10. The maximum Gasteiger partial charge on any atom is 0.358 e. The summed E-state index contributed by atoms with van der Waals surface area (Å²) in [5.74, 6) is -3.43. The molecule has 13 heteroatoms. The minimum Gasteiger partial charge on any atom is -0.493 e. The Hall–Kier alpha value is -4.81. The molecule has 2 aromatic carbocycles. The molecule has 0 amide bonds. The molecular weight excluding hydrogens is 440 g/mol. The largest absolute Gasteiger partial charge is 0.493 e. The molecule has 3 rings (SSSR count). The molecule has 0 aliphatic carbocycles. The molecule has 1 N–H and O–H groups in total. The van der Waals surface area contributed by atoms with E-state index in [4.69, 9.17) is 14.2 Å². The van der Waals surface area contributed by atoms with E-state index in [9.17, 15) is 29.6 Å². The van der Waals surface area contributed by atoms with Gasteiger partial charge in [-0.05, 0) is 12.1 Å². The van der Waals surface area contributed by atoms with Crippen LogP contribution in [0, 0.1) is 10.1 Å². The lowest BCUT2D eigenvalue weighted by molar-refractivity contribution is -0.385. The molecule has 0 radical (unpaired) electrons. The summed E-state index contributed by atoms with van der Waals surface area (Å²) < 4.78 is 15.1. The number of nitro benzene ring substituents is 1. The number of methoxy groups -OCH3 is 2. The van der Waals surface area contributed by atoms with E-state index in [1.54, 1.807) is 18.2 Å². The summed E-state index contributed by atoms with van der Waals surface area (Å²) in [6, 6.07) is 9.98. The summed E-state index contributed by atoms with van der Waals surface area (Å²) in [5.41, 5.74) is -2.37. The summed E-state index contributed by atoms with van der Waals surface area (Å²) in [6.45, 7) is -0.602. The highest BCUT2D eigenvalue weighted by Gasteiger charge is 2.31. The highest BCUT2D eigenvalue weighted by atomic mass is 16.6. The molecule has 0 saturated carbocycles. The van der Waals surface area contributed by atoms with Crippen molar-refractivity contribution in [3.8, 4) is 11.5 Å². The number of aromatic nitrogens is 3. The summed E-state index contributed by atoms with van der Waals surface area (Å²) in [7, 11) is 2.52. The minimum atomic E-state index is -1.61. The quantitative estimate of drug-likeness (QED) is 0.216. The molecule has 170 valence electrons. The van der Waals surface area contributed by atoms with Crippen molar-refractivity contribution in [1.82, 2.24) is 15.0 Å². The van der Waals surface area contributed by atoms with E-state index in [1.807, 2.05) is 0 Å². The molecule has 0 saturated heterocycles. The van der Waals surface area contributed by atoms with E-state index in [2.05, 4.69) is 10.2 Å². The summed E-state index contributed by atoms with van der Waals surface area (Å²) >= 11 is 0. The predicted molar refractivity (Wildman–Crippen MR) is 108 cm³/mol. The Morgan fingerprint density at radius 3 is 2.21 bits per heavy atom. The van der Waals surface area contributed by atoms with Crippen molar-refractivity contribution in [2.24, 2.45) is 0 Å². The van der Waals surface area contributed by atoms with E-state index in [0.29, 0.717) is 4.80 Å². The summed E-state index contributed by atoms with van der Waals surface area (Å²) in [5, 5.41) is 28.4. The van der Waals surface area contributed by atoms with Crippen LogP contribution in [0.4, 0.5) is 5.69 Å². The van der Waals surface area contributed by atoms with Crippen molar-refractivity contribution >= 4 is 23.4 Å². The number of ketones is 1. The van der Waals surface area contributed by atoms with Crippen LogP contribution in [0.25, 0.3) is 0 Å². The van der Waals surface area contributed by atoms with Gasteiger partial charge in [0.15, 0.2) is 17.2 Å². The third-order valence-corrected chi connectivity index (χ3v) is 4.34. The number of carboxylic acid groups (broad SMARTS) is 1. The van der Waals surface area contributed by atoms with Gasteiger partial charge in [-0.1, -0.05) is 18.2 Å². The van der Waals surface area contributed by atoms with E-state index >= 15 is 0 Å². The molecule has 3 aromatic rings. The normalized spacial score (nSPS) is 10.4. The van der Waals surface area contributed by atoms with E-state index in [0.717, 1.165) is 12.1 Å². The fraction of sp³-hybridized carbons (Fsp3) is 0.150. The van der Waals surface area contributed by atoms with Crippen LogP contribution in [0.2, 0.25) is 0 Å². The van der Waals surface area contributed by atoms with Gasteiger partial charge in [0.25, 0.3) is 5.69 Å². The molecule has 0 spiro atoms.